The van der Waals surface area contributed by atoms with Gasteiger partial charge in [0, 0.05) is 11.9 Å². The van der Waals surface area contributed by atoms with Crippen molar-refractivity contribution in [2.24, 2.45) is 5.92 Å². The number of carbonyl (C=O) groups is 2. The van der Waals surface area contributed by atoms with Crippen molar-refractivity contribution >= 4 is 22.1 Å². The Morgan fingerprint density at radius 1 is 1.14 bits per heavy atom. The second-order valence-corrected chi connectivity index (χ2v) is 5.50. The first kappa shape index (κ1) is 23.3. The Morgan fingerprint density at radius 3 is 1.86 bits per heavy atom. The minimum Gasteiger partial charge on any atom is -0.550 e. The van der Waals surface area contributed by atoms with Gasteiger partial charge >= 0.3 is 59.1 Å². The maximum atomic E-state index is 11.5. The van der Waals surface area contributed by atoms with Crippen molar-refractivity contribution < 1.29 is 91.9 Å². The fourth-order valence-electron chi connectivity index (χ4n) is 1.87. The number of hydrogen-bond donors (Lipinski definition) is 1. The van der Waals surface area contributed by atoms with E-state index >= 15 is 0 Å². The van der Waals surface area contributed by atoms with Crippen LogP contribution in [0.25, 0.3) is 0 Å². The number of rotatable bonds is 5. The molecule has 0 amide bonds. The molecule has 1 aromatic rings. The molecule has 0 bridgehead atoms. The van der Waals surface area contributed by atoms with E-state index in [1.54, 1.807) is 0 Å². The molecule has 0 radical (unpaired) electrons. The molecule has 1 rings (SSSR count). The summed E-state index contributed by atoms with van der Waals surface area (Å²) in [5.41, 5.74) is -0.422. The summed E-state index contributed by atoms with van der Waals surface area (Å²) in [6, 6.07) is 6.23. The van der Waals surface area contributed by atoms with Crippen molar-refractivity contribution in [3.8, 4) is 0 Å². The summed E-state index contributed by atoms with van der Waals surface area (Å²) in [6.07, 6.45) is 0. The first-order chi connectivity index (χ1) is 8.65. The van der Waals surface area contributed by atoms with Gasteiger partial charge in [0.25, 0.3) is 10.1 Å². The molecule has 21 heavy (non-hydrogen) atoms. The molecule has 1 aromatic carbocycles. The average Bonchev–Trinajstić information content (AvgIpc) is 2.28. The summed E-state index contributed by atoms with van der Waals surface area (Å²) in [6.45, 7) is 0.811. The van der Waals surface area contributed by atoms with Gasteiger partial charge in [-0.05, 0) is 5.56 Å². The van der Waals surface area contributed by atoms with E-state index in [4.69, 9.17) is 0 Å². The number of carboxylic acids is 2. The van der Waals surface area contributed by atoms with Crippen LogP contribution in [0.15, 0.2) is 30.3 Å². The smallest absolute Gasteiger partial charge is 0.550 e. The molecule has 0 fully saturated rings. The van der Waals surface area contributed by atoms with Crippen LogP contribution in [-0.4, -0.2) is 24.9 Å². The first-order valence-electron chi connectivity index (χ1n) is 5.10. The van der Waals surface area contributed by atoms with E-state index in [1.165, 1.54) is 18.2 Å². The maximum Gasteiger partial charge on any atom is 1.00 e. The van der Waals surface area contributed by atoms with Crippen LogP contribution in [0.1, 0.15) is 12.5 Å². The predicted molar refractivity (Wildman–Crippen MR) is 58.8 cm³/mol. The standard InChI is InChI=1S/C11H12O7S.2Na/c1-7(9(12)13)11(10(14)15,19(16,17)18)8-5-3-2-4-6-8;;/h2-7H,1H3,(H,12,13)(H,14,15)(H,16,17,18);;/q;2*+1/p-2. The van der Waals surface area contributed by atoms with E-state index in [1.807, 2.05) is 0 Å². The van der Waals surface area contributed by atoms with E-state index in [-0.39, 0.29) is 59.1 Å². The van der Waals surface area contributed by atoms with Gasteiger partial charge in [-0.2, -0.15) is 8.42 Å². The first-order valence-corrected chi connectivity index (χ1v) is 6.54. The Labute approximate surface area is 166 Å². The minimum atomic E-state index is -5.31. The van der Waals surface area contributed by atoms with Gasteiger partial charge in [0.05, 0.1) is 5.97 Å². The van der Waals surface area contributed by atoms with Gasteiger partial charge in [-0.15, -0.1) is 0 Å². The molecule has 0 saturated carbocycles. The summed E-state index contributed by atoms with van der Waals surface area (Å²) in [4.78, 5) is 22.2. The average molecular weight is 332 g/mol. The quantitative estimate of drug-likeness (QED) is 0.418. The monoisotopic (exact) mass is 332 g/mol. The Morgan fingerprint density at radius 2 is 1.57 bits per heavy atom. The largest absolute Gasteiger partial charge is 1.00 e. The van der Waals surface area contributed by atoms with Crippen molar-refractivity contribution in [2.45, 2.75) is 11.7 Å². The van der Waals surface area contributed by atoms with E-state index in [9.17, 15) is 32.8 Å². The van der Waals surface area contributed by atoms with E-state index in [0.29, 0.717) is 0 Å². The van der Waals surface area contributed by atoms with Crippen molar-refractivity contribution in [1.29, 1.82) is 0 Å². The summed E-state index contributed by atoms with van der Waals surface area (Å²) < 4.78 is 29.1. The molecule has 0 aromatic heterocycles. The third-order valence-corrected chi connectivity index (χ3v) is 4.45. The van der Waals surface area contributed by atoms with Crippen molar-refractivity contribution in [2.75, 3.05) is 0 Å². The molecule has 2 unspecified atom stereocenters. The Hall–Kier alpha value is 0.0700. The molecule has 104 valence electrons. The van der Waals surface area contributed by atoms with Crippen molar-refractivity contribution in [3.05, 3.63) is 35.9 Å². The SMILES string of the molecule is CC(C(=O)[O-])C(C(=O)[O-])(c1ccccc1)S(=O)(=O)O.[Na+].[Na+]. The Balaban J connectivity index is 0. The molecule has 0 aliphatic rings. The molecule has 0 saturated heterocycles. The van der Waals surface area contributed by atoms with E-state index < -0.39 is 38.3 Å². The molecule has 0 heterocycles. The number of benzene rings is 1. The molecular formula is C11H10Na2O7S. The van der Waals surface area contributed by atoms with Crippen LogP contribution in [0.4, 0.5) is 0 Å². The van der Waals surface area contributed by atoms with Gasteiger partial charge < -0.3 is 19.8 Å². The normalized spacial score (nSPS) is 14.8. The van der Waals surface area contributed by atoms with Crippen LogP contribution in [0, 0.1) is 5.92 Å². The van der Waals surface area contributed by atoms with Gasteiger partial charge in [-0.25, -0.2) is 0 Å². The van der Waals surface area contributed by atoms with Crippen molar-refractivity contribution in [3.63, 3.8) is 0 Å². The topological polar surface area (TPSA) is 135 Å². The molecular weight excluding hydrogens is 322 g/mol. The number of carbonyl (C=O) groups excluding carboxylic acids is 2. The second-order valence-electron chi connectivity index (χ2n) is 3.90. The summed E-state index contributed by atoms with van der Waals surface area (Å²) >= 11 is 0. The predicted octanol–water partition coefficient (Wildman–Crippen LogP) is -8.09. The van der Waals surface area contributed by atoms with Crippen LogP contribution < -0.4 is 69.3 Å². The number of carboxylic acid groups (broad SMARTS) is 2. The third kappa shape index (κ3) is 4.29. The molecule has 2 atom stereocenters. The van der Waals surface area contributed by atoms with Crippen LogP contribution >= 0.6 is 0 Å². The molecule has 7 nitrogen and oxygen atoms in total. The van der Waals surface area contributed by atoms with Gasteiger partial charge in [0.1, 0.15) is 0 Å². The fourth-order valence-corrected chi connectivity index (χ4v) is 3.06. The van der Waals surface area contributed by atoms with Crippen LogP contribution in [0.5, 0.6) is 0 Å². The van der Waals surface area contributed by atoms with Gasteiger partial charge in [0.2, 0.25) is 0 Å². The molecule has 1 N–H and O–H groups in total. The van der Waals surface area contributed by atoms with Gasteiger partial charge in [0.15, 0.2) is 4.75 Å². The third-order valence-electron chi connectivity index (χ3n) is 2.88. The van der Waals surface area contributed by atoms with Crippen molar-refractivity contribution in [1.82, 2.24) is 0 Å². The maximum absolute atomic E-state index is 11.5. The Kier molecular flexibility index (Phi) is 9.60. The summed E-state index contributed by atoms with van der Waals surface area (Å²) in [5, 5.41) is 22.2. The fraction of sp³-hybridized carbons (Fsp3) is 0.273. The summed E-state index contributed by atoms with van der Waals surface area (Å²) in [5.74, 6) is -6.22. The molecule has 0 aliphatic heterocycles. The molecule has 10 heteroatoms. The zero-order valence-electron chi connectivity index (χ0n) is 11.8. The Bertz CT molecular complexity index is 602. The van der Waals surface area contributed by atoms with E-state index in [0.717, 1.165) is 19.1 Å². The van der Waals surface area contributed by atoms with Crippen LogP contribution in [-0.2, 0) is 24.5 Å². The van der Waals surface area contributed by atoms with Crippen LogP contribution in [0.2, 0.25) is 0 Å². The molecule has 0 spiro atoms. The zero-order chi connectivity index (χ0) is 14.8. The number of aliphatic carboxylic acids is 2. The van der Waals surface area contributed by atoms with Gasteiger partial charge in [-0.1, -0.05) is 37.3 Å². The summed E-state index contributed by atoms with van der Waals surface area (Å²) in [7, 11) is -5.31. The van der Waals surface area contributed by atoms with Gasteiger partial charge in [-0.3, -0.25) is 4.55 Å². The van der Waals surface area contributed by atoms with Crippen LogP contribution in [0.3, 0.4) is 0 Å². The second kappa shape index (κ2) is 8.64. The molecule has 0 aliphatic carbocycles. The van der Waals surface area contributed by atoms with E-state index in [2.05, 4.69) is 0 Å². The number of hydrogen-bond acceptors (Lipinski definition) is 6. The minimum absolute atomic E-state index is 0. The zero-order valence-corrected chi connectivity index (χ0v) is 16.6.